The standard InChI is InChI=1S/C24H29FN4O3/c25-21-8-6-20(7-9-21)23(30)28-12-10-27(11-13-28)17-22-18-29(14-15-32-22)24(31)26-16-19-4-2-1-3-5-19/h1-9,22H,10-18H2,(H,26,31). The number of ether oxygens (including phenoxy) is 1. The maximum Gasteiger partial charge on any atom is 0.317 e. The molecular formula is C24H29FN4O3. The second-order valence-corrected chi connectivity index (χ2v) is 8.18. The SMILES string of the molecule is O=C(NCc1ccccc1)N1CCOC(CN2CCN(C(=O)c3ccc(F)cc3)CC2)C1. The number of carbonyl (C=O) groups is 2. The molecule has 4 rings (SSSR count). The van der Waals surface area contributed by atoms with Crippen LogP contribution in [0.15, 0.2) is 54.6 Å². The Bertz CT molecular complexity index is 901. The van der Waals surface area contributed by atoms with Crippen molar-refractivity contribution in [1.29, 1.82) is 0 Å². The molecule has 2 fully saturated rings. The summed E-state index contributed by atoms with van der Waals surface area (Å²) in [6, 6.07) is 15.4. The fourth-order valence-electron chi connectivity index (χ4n) is 4.10. The molecule has 1 N–H and O–H groups in total. The Hall–Kier alpha value is -2.97. The molecule has 3 amide bonds. The van der Waals surface area contributed by atoms with E-state index in [0.29, 0.717) is 44.9 Å². The van der Waals surface area contributed by atoms with Gasteiger partial charge < -0.3 is 19.9 Å². The smallest absolute Gasteiger partial charge is 0.317 e. The van der Waals surface area contributed by atoms with Crippen LogP contribution in [0.25, 0.3) is 0 Å². The minimum Gasteiger partial charge on any atom is -0.373 e. The van der Waals surface area contributed by atoms with Crippen molar-refractivity contribution in [3.63, 3.8) is 0 Å². The maximum atomic E-state index is 13.1. The van der Waals surface area contributed by atoms with E-state index in [4.69, 9.17) is 4.74 Å². The zero-order chi connectivity index (χ0) is 22.3. The third kappa shape index (κ3) is 5.83. The third-order valence-electron chi connectivity index (χ3n) is 5.93. The molecule has 7 nitrogen and oxygen atoms in total. The first-order valence-electron chi connectivity index (χ1n) is 11.0. The molecule has 0 aromatic heterocycles. The van der Waals surface area contributed by atoms with E-state index in [1.165, 1.54) is 24.3 Å². The molecule has 170 valence electrons. The molecule has 2 aromatic rings. The lowest BCUT2D eigenvalue weighted by molar-refractivity contribution is -0.0353. The number of carbonyl (C=O) groups excluding carboxylic acids is 2. The molecule has 0 bridgehead atoms. The molecule has 0 saturated carbocycles. The van der Waals surface area contributed by atoms with E-state index >= 15 is 0 Å². The highest BCUT2D eigenvalue weighted by molar-refractivity contribution is 5.94. The van der Waals surface area contributed by atoms with Crippen LogP contribution < -0.4 is 5.32 Å². The van der Waals surface area contributed by atoms with Crippen LogP contribution in [0.4, 0.5) is 9.18 Å². The van der Waals surface area contributed by atoms with Gasteiger partial charge in [-0.2, -0.15) is 0 Å². The number of halogens is 1. The Kier molecular flexibility index (Phi) is 7.34. The van der Waals surface area contributed by atoms with Crippen molar-refractivity contribution in [2.45, 2.75) is 12.6 Å². The molecule has 0 spiro atoms. The van der Waals surface area contributed by atoms with Gasteiger partial charge in [0.1, 0.15) is 5.82 Å². The number of benzene rings is 2. The minimum atomic E-state index is -0.346. The summed E-state index contributed by atoms with van der Waals surface area (Å²) in [5.74, 6) is -0.415. The first-order chi connectivity index (χ1) is 15.6. The topological polar surface area (TPSA) is 65.1 Å². The van der Waals surface area contributed by atoms with Gasteiger partial charge in [-0.25, -0.2) is 9.18 Å². The molecule has 2 heterocycles. The molecule has 2 aliphatic rings. The maximum absolute atomic E-state index is 13.1. The van der Waals surface area contributed by atoms with Gasteiger partial charge in [0.2, 0.25) is 0 Å². The van der Waals surface area contributed by atoms with E-state index in [2.05, 4.69) is 10.2 Å². The minimum absolute atomic E-state index is 0.0504. The van der Waals surface area contributed by atoms with Crippen LogP contribution in [-0.4, -0.2) is 85.2 Å². The van der Waals surface area contributed by atoms with E-state index in [9.17, 15) is 14.0 Å². The Morgan fingerprint density at radius 2 is 1.66 bits per heavy atom. The van der Waals surface area contributed by atoms with Crippen LogP contribution >= 0.6 is 0 Å². The van der Waals surface area contributed by atoms with E-state index in [1.54, 1.807) is 4.90 Å². The van der Waals surface area contributed by atoms with Gasteiger partial charge in [0.05, 0.1) is 12.7 Å². The summed E-state index contributed by atoms with van der Waals surface area (Å²) >= 11 is 0. The van der Waals surface area contributed by atoms with Crippen molar-refractivity contribution < 1.29 is 18.7 Å². The van der Waals surface area contributed by atoms with Crippen molar-refractivity contribution >= 4 is 11.9 Å². The fourth-order valence-corrected chi connectivity index (χ4v) is 4.10. The highest BCUT2D eigenvalue weighted by Gasteiger charge is 2.28. The van der Waals surface area contributed by atoms with Crippen LogP contribution in [0, 0.1) is 5.82 Å². The predicted octanol–water partition coefficient (Wildman–Crippen LogP) is 2.19. The Morgan fingerprint density at radius 1 is 0.938 bits per heavy atom. The summed E-state index contributed by atoms with van der Waals surface area (Å²) in [6.45, 7) is 5.60. The quantitative estimate of drug-likeness (QED) is 0.774. The van der Waals surface area contributed by atoms with Gasteiger partial charge >= 0.3 is 6.03 Å². The van der Waals surface area contributed by atoms with Gasteiger partial charge in [0.15, 0.2) is 0 Å². The molecule has 32 heavy (non-hydrogen) atoms. The van der Waals surface area contributed by atoms with Crippen molar-refractivity contribution in [1.82, 2.24) is 20.0 Å². The first kappa shape index (κ1) is 22.2. The molecule has 8 heteroatoms. The lowest BCUT2D eigenvalue weighted by Gasteiger charge is -2.39. The number of piperazine rings is 1. The van der Waals surface area contributed by atoms with Gasteiger partial charge in [-0.1, -0.05) is 30.3 Å². The van der Waals surface area contributed by atoms with Crippen LogP contribution in [0.1, 0.15) is 15.9 Å². The van der Waals surface area contributed by atoms with Crippen molar-refractivity contribution in [3.8, 4) is 0 Å². The van der Waals surface area contributed by atoms with Crippen molar-refractivity contribution in [2.24, 2.45) is 0 Å². The highest BCUT2D eigenvalue weighted by Crippen LogP contribution is 2.13. The summed E-state index contributed by atoms with van der Waals surface area (Å²) in [7, 11) is 0. The largest absolute Gasteiger partial charge is 0.373 e. The van der Waals surface area contributed by atoms with Crippen LogP contribution in [0.2, 0.25) is 0 Å². The van der Waals surface area contributed by atoms with Crippen molar-refractivity contribution in [3.05, 3.63) is 71.5 Å². The predicted molar refractivity (Wildman–Crippen MR) is 119 cm³/mol. The van der Waals surface area contributed by atoms with E-state index < -0.39 is 0 Å². The number of amides is 3. The molecule has 0 radical (unpaired) electrons. The number of hydrogen-bond acceptors (Lipinski definition) is 4. The third-order valence-corrected chi connectivity index (χ3v) is 5.93. The molecule has 1 atom stereocenters. The summed E-state index contributed by atoms with van der Waals surface area (Å²) in [5.41, 5.74) is 1.58. The Morgan fingerprint density at radius 3 is 2.38 bits per heavy atom. The number of rotatable bonds is 5. The van der Waals surface area contributed by atoms with Crippen LogP contribution in [-0.2, 0) is 11.3 Å². The number of nitrogens with one attached hydrogen (secondary N) is 1. The number of nitrogens with zero attached hydrogens (tertiary/aromatic N) is 3. The van der Waals surface area contributed by atoms with E-state index in [1.807, 2.05) is 35.2 Å². The highest BCUT2D eigenvalue weighted by atomic mass is 19.1. The zero-order valence-electron chi connectivity index (χ0n) is 18.1. The normalized spacial score (nSPS) is 19.6. The lowest BCUT2D eigenvalue weighted by atomic mass is 10.1. The first-order valence-corrected chi connectivity index (χ1v) is 11.0. The number of morpholine rings is 1. The van der Waals surface area contributed by atoms with Crippen LogP contribution in [0.5, 0.6) is 0 Å². The van der Waals surface area contributed by atoms with E-state index in [0.717, 1.165) is 25.2 Å². The average molecular weight is 441 g/mol. The van der Waals surface area contributed by atoms with Crippen molar-refractivity contribution in [2.75, 3.05) is 52.4 Å². The number of hydrogen-bond donors (Lipinski definition) is 1. The Balaban J connectivity index is 1.21. The van der Waals surface area contributed by atoms with Gasteiger partial charge in [-0.15, -0.1) is 0 Å². The number of urea groups is 1. The molecule has 0 aliphatic carbocycles. The summed E-state index contributed by atoms with van der Waals surface area (Å²) < 4.78 is 19.0. The Labute approximate surface area is 187 Å². The summed E-state index contributed by atoms with van der Waals surface area (Å²) in [6.07, 6.45) is -0.0504. The molecule has 2 aliphatic heterocycles. The van der Waals surface area contributed by atoms with Gasteiger partial charge in [0.25, 0.3) is 5.91 Å². The van der Waals surface area contributed by atoms with Gasteiger partial charge in [-0.05, 0) is 29.8 Å². The van der Waals surface area contributed by atoms with Gasteiger partial charge in [-0.3, -0.25) is 9.69 Å². The monoisotopic (exact) mass is 440 g/mol. The average Bonchev–Trinajstić information content (AvgIpc) is 2.84. The summed E-state index contributed by atoms with van der Waals surface area (Å²) in [5, 5.41) is 2.98. The van der Waals surface area contributed by atoms with Crippen LogP contribution in [0.3, 0.4) is 0 Å². The fraction of sp³-hybridized carbons (Fsp3) is 0.417. The lowest BCUT2D eigenvalue weighted by Crippen LogP contribution is -2.55. The van der Waals surface area contributed by atoms with E-state index in [-0.39, 0.29) is 23.9 Å². The van der Waals surface area contributed by atoms with Gasteiger partial charge in [0, 0.05) is 57.9 Å². The molecule has 1 unspecified atom stereocenters. The molecular weight excluding hydrogens is 411 g/mol. The molecule has 2 saturated heterocycles. The summed E-state index contributed by atoms with van der Waals surface area (Å²) in [4.78, 5) is 31.0. The zero-order valence-corrected chi connectivity index (χ0v) is 18.1. The second kappa shape index (κ2) is 10.6. The molecule has 2 aromatic carbocycles. The second-order valence-electron chi connectivity index (χ2n) is 8.18.